The van der Waals surface area contributed by atoms with E-state index in [1.807, 2.05) is 0 Å². The Kier molecular flexibility index (Phi) is 2.59. The summed E-state index contributed by atoms with van der Waals surface area (Å²) in [7, 11) is 0. The van der Waals surface area contributed by atoms with Crippen LogP contribution in [0.5, 0.6) is 0 Å². The molecule has 0 radical (unpaired) electrons. The number of rotatable bonds is 1. The number of hydrogen-bond donors (Lipinski definition) is 2. The molecule has 1 unspecified atom stereocenters. The van der Waals surface area contributed by atoms with Crippen molar-refractivity contribution in [3.8, 4) is 0 Å². The molecule has 1 aliphatic heterocycles. The van der Waals surface area contributed by atoms with Gasteiger partial charge in [-0.15, -0.1) is 0 Å². The lowest BCUT2D eigenvalue weighted by molar-refractivity contribution is 0.154. The summed E-state index contributed by atoms with van der Waals surface area (Å²) < 4.78 is 14.0. The van der Waals surface area contributed by atoms with E-state index in [0.29, 0.717) is 16.3 Å². The van der Waals surface area contributed by atoms with Gasteiger partial charge in [0.15, 0.2) is 5.60 Å². The summed E-state index contributed by atoms with van der Waals surface area (Å²) in [5.41, 5.74) is 4.98. The lowest BCUT2D eigenvalue weighted by Gasteiger charge is -2.25. The van der Waals surface area contributed by atoms with Gasteiger partial charge in [0.1, 0.15) is 11.7 Å². The Hall–Kier alpha value is -1.91. The van der Waals surface area contributed by atoms with Crippen LogP contribution in [0.3, 0.4) is 0 Å². The Morgan fingerprint density at radius 2 is 1.89 bits per heavy atom. The van der Waals surface area contributed by atoms with E-state index in [1.54, 1.807) is 30.3 Å². The van der Waals surface area contributed by atoms with Crippen molar-refractivity contribution in [1.82, 2.24) is 0 Å². The third kappa shape index (κ3) is 1.64. The van der Waals surface area contributed by atoms with Crippen molar-refractivity contribution in [2.24, 2.45) is 10.7 Å². The standard InChI is InChI=1S/C14H10ClFN2O/c15-8-5-6-12-10(7-8)14(19,13(17)18-12)9-3-1-2-4-11(9)16/h1-7,19H,(H2,17,18). The minimum Gasteiger partial charge on any atom is -0.384 e. The first-order valence-corrected chi connectivity index (χ1v) is 6.03. The summed E-state index contributed by atoms with van der Waals surface area (Å²) in [6.45, 7) is 0. The van der Waals surface area contributed by atoms with E-state index in [2.05, 4.69) is 4.99 Å². The molecule has 1 heterocycles. The number of amidine groups is 1. The van der Waals surface area contributed by atoms with Crippen LogP contribution in [-0.2, 0) is 5.60 Å². The Morgan fingerprint density at radius 3 is 2.63 bits per heavy atom. The molecule has 2 aromatic carbocycles. The van der Waals surface area contributed by atoms with E-state index in [-0.39, 0.29) is 11.4 Å². The van der Waals surface area contributed by atoms with Crippen molar-refractivity contribution in [3.63, 3.8) is 0 Å². The van der Waals surface area contributed by atoms with Crippen molar-refractivity contribution in [2.45, 2.75) is 5.60 Å². The van der Waals surface area contributed by atoms with Crippen molar-refractivity contribution in [3.05, 3.63) is 64.4 Å². The fourth-order valence-corrected chi connectivity index (χ4v) is 2.45. The number of hydrogen-bond acceptors (Lipinski definition) is 3. The van der Waals surface area contributed by atoms with Gasteiger partial charge in [-0.05, 0) is 24.3 Å². The molecule has 0 bridgehead atoms. The summed E-state index contributed by atoms with van der Waals surface area (Å²) in [4.78, 5) is 4.08. The maximum absolute atomic E-state index is 14.0. The fourth-order valence-electron chi connectivity index (χ4n) is 2.28. The van der Waals surface area contributed by atoms with Gasteiger partial charge in [0.25, 0.3) is 0 Å². The quantitative estimate of drug-likeness (QED) is 0.841. The maximum atomic E-state index is 14.0. The van der Waals surface area contributed by atoms with Gasteiger partial charge in [0.05, 0.1) is 5.69 Å². The van der Waals surface area contributed by atoms with Gasteiger partial charge in [-0.3, -0.25) is 0 Å². The number of benzene rings is 2. The van der Waals surface area contributed by atoms with Gasteiger partial charge in [-0.25, -0.2) is 9.38 Å². The first-order chi connectivity index (χ1) is 9.03. The smallest absolute Gasteiger partial charge is 0.177 e. The highest BCUT2D eigenvalue weighted by atomic mass is 35.5. The second-order valence-corrected chi connectivity index (χ2v) is 4.79. The molecule has 3 N–H and O–H groups in total. The number of aliphatic imine (C=N–C) groups is 1. The molecule has 0 aliphatic carbocycles. The van der Waals surface area contributed by atoms with Crippen LogP contribution in [0.1, 0.15) is 11.1 Å². The third-order valence-electron chi connectivity index (χ3n) is 3.22. The number of halogens is 2. The molecular formula is C14H10ClFN2O. The van der Waals surface area contributed by atoms with Crippen LogP contribution in [0.25, 0.3) is 0 Å². The number of nitrogens with zero attached hydrogens (tertiary/aromatic N) is 1. The monoisotopic (exact) mass is 276 g/mol. The molecule has 5 heteroatoms. The van der Waals surface area contributed by atoms with Gasteiger partial charge >= 0.3 is 0 Å². The summed E-state index contributed by atoms with van der Waals surface area (Å²) in [6.07, 6.45) is 0. The third-order valence-corrected chi connectivity index (χ3v) is 3.46. The Balaban J connectivity index is 2.29. The van der Waals surface area contributed by atoms with Crippen molar-refractivity contribution < 1.29 is 9.50 Å². The number of nitrogens with two attached hydrogens (primary N) is 1. The first-order valence-electron chi connectivity index (χ1n) is 5.65. The molecule has 0 saturated heterocycles. The normalized spacial score (nSPS) is 21.1. The second-order valence-electron chi connectivity index (χ2n) is 4.35. The predicted octanol–water partition coefficient (Wildman–Crippen LogP) is 2.72. The molecule has 0 spiro atoms. The molecule has 0 saturated carbocycles. The van der Waals surface area contributed by atoms with Gasteiger partial charge in [0.2, 0.25) is 0 Å². The fraction of sp³-hybridized carbons (Fsp3) is 0.0714. The molecule has 2 aromatic rings. The largest absolute Gasteiger partial charge is 0.384 e. The molecule has 0 amide bonds. The van der Waals surface area contributed by atoms with Crippen molar-refractivity contribution in [2.75, 3.05) is 0 Å². The van der Waals surface area contributed by atoms with Crippen LogP contribution in [0.15, 0.2) is 47.5 Å². The van der Waals surface area contributed by atoms with E-state index >= 15 is 0 Å². The van der Waals surface area contributed by atoms with Crippen molar-refractivity contribution in [1.29, 1.82) is 0 Å². The van der Waals surface area contributed by atoms with Crippen LogP contribution >= 0.6 is 11.6 Å². The summed E-state index contributed by atoms with van der Waals surface area (Å²) >= 11 is 5.93. The van der Waals surface area contributed by atoms with Gasteiger partial charge in [-0.1, -0.05) is 29.8 Å². The van der Waals surface area contributed by atoms with E-state index in [1.165, 1.54) is 12.1 Å². The zero-order chi connectivity index (χ0) is 13.6. The van der Waals surface area contributed by atoms with Gasteiger partial charge in [-0.2, -0.15) is 0 Å². The highest BCUT2D eigenvalue weighted by Gasteiger charge is 2.44. The summed E-state index contributed by atoms with van der Waals surface area (Å²) in [6, 6.07) is 10.8. The lowest BCUT2D eigenvalue weighted by Crippen LogP contribution is -2.40. The van der Waals surface area contributed by atoms with Crippen LogP contribution in [-0.4, -0.2) is 10.9 Å². The van der Waals surface area contributed by atoms with Crippen LogP contribution in [0.4, 0.5) is 10.1 Å². The average molecular weight is 277 g/mol. The minimum atomic E-state index is -1.77. The predicted molar refractivity (Wildman–Crippen MR) is 72.1 cm³/mol. The summed E-state index contributed by atoms with van der Waals surface area (Å²) in [5.74, 6) is -0.606. The maximum Gasteiger partial charge on any atom is 0.177 e. The first kappa shape index (κ1) is 12.1. The topological polar surface area (TPSA) is 58.6 Å². The molecule has 0 aromatic heterocycles. The lowest BCUT2D eigenvalue weighted by atomic mass is 9.86. The average Bonchev–Trinajstić information content (AvgIpc) is 2.64. The van der Waals surface area contributed by atoms with Gasteiger partial charge < -0.3 is 10.8 Å². The van der Waals surface area contributed by atoms with Gasteiger partial charge in [0, 0.05) is 16.1 Å². The number of fused-ring (bicyclic) bond motifs is 1. The van der Waals surface area contributed by atoms with Crippen molar-refractivity contribution >= 4 is 23.1 Å². The molecule has 3 nitrogen and oxygen atoms in total. The zero-order valence-electron chi connectivity index (χ0n) is 9.77. The van der Waals surface area contributed by atoms with Crippen LogP contribution < -0.4 is 5.73 Å². The molecular weight excluding hydrogens is 267 g/mol. The number of aliphatic hydroxyl groups is 1. The van der Waals surface area contributed by atoms with E-state index in [4.69, 9.17) is 17.3 Å². The van der Waals surface area contributed by atoms with E-state index in [0.717, 1.165) is 0 Å². The molecule has 3 rings (SSSR count). The Morgan fingerprint density at radius 1 is 1.16 bits per heavy atom. The molecule has 19 heavy (non-hydrogen) atoms. The van der Waals surface area contributed by atoms with Crippen LogP contribution in [0, 0.1) is 5.82 Å². The van der Waals surface area contributed by atoms with E-state index < -0.39 is 11.4 Å². The SMILES string of the molecule is NC1=Nc2ccc(Cl)cc2C1(O)c1ccccc1F. The zero-order valence-corrected chi connectivity index (χ0v) is 10.5. The summed E-state index contributed by atoms with van der Waals surface area (Å²) in [5, 5.41) is 11.3. The minimum absolute atomic E-state index is 0.0603. The second kappa shape index (κ2) is 4.05. The molecule has 1 atom stereocenters. The molecule has 1 aliphatic rings. The Bertz CT molecular complexity index is 702. The Labute approximate surface area is 114 Å². The molecule has 96 valence electrons. The highest BCUT2D eigenvalue weighted by Crippen LogP contribution is 2.43. The van der Waals surface area contributed by atoms with Crippen LogP contribution in [0.2, 0.25) is 5.02 Å². The molecule has 0 fully saturated rings. The van der Waals surface area contributed by atoms with E-state index in [9.17, 15) is 9.50 Å². The highest BCUT2D eigenvalue weighted by molar-refractivity contribution is 6.30.